The van der Waals surface area contributed by atoms with Crippen molar-refractivity contribution in [2.45, 2.75) is 45.1 Å². The summed E-state index contributed by atoms with van der Waals surface area (Å²) in [4.78, 5) is 17.0. The number of fused-ring (bicyclic) bond motifs is 1. The largest absolute Gasteiger partial charge is 0.478 e. The van der Waals surface area contributed by atoms with Crippen LogP contribution in [0.25, 0.3) is 10.8 Å². The Morgan fingerprint density at radius 1 is 1.07 bits per heavy atom. The first-order valence-electron chi connectivity index (χ1n) is 10.3. The van der Waals surface area contributed by atoms with Gasteiger partial charge in [-0.25, -0.2) is 4.79 Å². The Hall–Kier alpha value is -2.58. The number of carboxylic acid groups (broad SMARTS) is 1. The lowest BCUT2D eigenvalue weighted by molar-refractivity contribution is 0.0699. The predicted molar refractivity (Wildman–Crippen MR) is 111 cm³/mol. The van der Waals surface area contributed by atoms with E-state index in [-0.39, 0.29) is 5.56 Å². The van der Waals surface area contributed by atoms with Gasteiger partial charge in [0.2, 0.25) is 0 Å². The van der Waals surface area contributed by atoms with Crippen LogP contribution < -0.4 is 4.90 Å². The number of rotatable bonds is 3. The summed E-state index contributed by atoms with van der Waals surface area (Å²) >= 11 is 0. The quantitative estimate of drug-likeness (QED) is 0.869. The van der Waals surface area contributed by atoms with E-state index in [1.165, 1.54) is 32.4 Å². The van der Waals surface area contributed by atoms with Crippen LogP contribution in [-0.4, -0.2) is 48.2 Å². The molecule has 4 rings (SSSR count). The van der Waals surface area contributed by atoms with Gasteiger partial charge in [-0.2, -0.15) is 5.26 Å². The smallest absolute Gasteiger partial charge is 0.338 e. The van der Waals surface area contributed by atoms with Crippen molar-refractivity contribution in [3.05, 3.63) is 41.0 Å². The lowest BCUT2D eigenvalue weighted by Crippen LogP contribution is -2.47. The molecule has 0 aliphatic carbocycles. The average Bonchev–Trinajstić information content (AvgIpc) is 2.74. The van der Waals surface area contributed by atoms with Gasteiger partial charge >= 0.3 is 5.97 Å². The van der Waals surface area contributed by atoms with Crippen LogP contribution >= 0.6 is 0 Å². The zero-order chi connectivity index (χ0) is 19.7. The molecule has 2 aliphatic rings. The van der Waals surface area contributed by atoms with E-state index in [1.54, 1.807) is 0 Å². The fourth-order valence-electron chi connectivity index (χ4n) is 5.00. The van der Waals surface area contributed by atoms with Gasteiger partial charge in [0, 0.05) is 19.1 Å². The van der Waals surface area contributed by atoms with Crippen LogP contribution in [-0.2, 0) is 0 Å². The van der Waals surface area contributed by atoms with E-state index in [2.05, 4.69) is 15.9 Å². The summed E-state index contributed by atoms with van der Waals surface area (Å²) in [6, 6.07) is 10.4. The van der Waals surface area contributed by atoms with Crippen molar-refractivity contribution in [2.24, 2.45) is 0 Å². The minimum atomic E-state index is -0.958. The number of likely N-dealkylation sites (tertiary alicyclic amines) is 1. The third kappa shape index (κ3) is 3.22. The molecule has 146 valence electrons. The van der Waals surface area contributed by atoms with Crippen LogP contribution in [0.4, 0.5) is 5.69 Å². The topological polar surface area (TPSA) is 67.6 Å². The molecule has 2 aromatic carbocycles. The first-order chi connectivity index (χ1) is 13.6. The molecule has 0 bridgehead atoms. The number of aryl methyl sites for hydroxylation is 1. The minimum absolute atomic E-state index is 0.272. The van der Waals surface area contributed by atoms with Crippen molar-refractivity contribution in [1.82, 2.24) is 4.90 Å². The van der Waals surface area contributed by atoms with E-state index in [0.717, 1.165) is 42.3 Å². The molecule has 5 heteroatoms. The van der Waals surface area contributed by atoms with Gasteiger partial charge in [-0.15, -0.1) is 0 Å². The lowest BCUT2D eigenvalue weighted by atomic mass is 9.91. The van der Waals surface area contributed by atoms with Crippen molar-refractivity contribution < 1.29 is 9.90 Å². The number of carboxylic acids is 1. The number of carbonyl (C=O) groups is 1. The van der Waals surface area contributed by atoms with E-state index >= 15 is 0 Å². The second kappa shape index (κ2) is 7.81. The highest BCUT2D eigenvalue weighted by Crippen LogP contribution is 2.37. The Bertz CT molecular complexity index is 933. The highest BCUT2D eigenvalue weighted by atomic mass is 16.4. The van der Waals surface area contributed by atoms with Gasteiger partial charge in [-0.3, -0.25) is 0 Å². The number of nitrogens with zero attached hydrogens (tertiary/aromatic N) is 3. The highest BCUT2D eigenvalue weighted by Gasteiger charge is 2.30. The third-order valence-electron chi connectivity index (χ3n) is 6.46. The van der Waals surface area contributed by atoms with Crippen LogP contribution in [0.5, 0.6) is 0 Å². The molecule has 2 heterocycles. The molecular formula is C23H27N3O2. The van der Waals surface area contributed by atoms with Crippen molar-refractivity contribution in [1.29, 1.82) is 5.26 Å². The molecule has 0 aromatic heterocycles. The summed E-state index contributed by atoms with van der Waals surface area (Å²) in [5, 5.41) is 21.5. The van der Waals surface area contributed by atoms with E-state index in [4.69, 9.17) is 0 Å². The average molecular weight is 377 g/mol. The zero-order valence-electron chi connectivity index (χ0n) is 16.4. The first kappa shape index (κ1) is 18.8. The summed E-state index contributed by atoms with van der Waals surface area (Å²) in [5.74, 6) is -0.958. The molecule has 0 spiro atoms. The number of piperidine rings is 2. The van der Waals surface area contributed by atoms with Crippen LogP contribution in [0.2, 0.25) is 0 Å². The third-order valence-corrected chi connectivity index (χ3v) is 6.46. The predicted octanol–water partition coefficient (Wildman–Crippen LogP) is 4.17. The maximum atomic E-state index is 12.2. The van der Waals surface area contributed by atoms with E-state index in [0.29, 0.717) is 17.3 Å². The van der Waals surface area contributed by atoms with Crippen LogP contribution in [0, 0.1) is 18.3 Å². The Balaban J connectivity index is 1.71. The summed E-state index contributed by atoms with van der Waals surface area (Å²) in [7, 11) is 0. The summed E-state index contributed by atoms with van der Waals surface area (Å²) in [6.45, 7) is 5.89. The number of nitriles is 1. The maximum absolute atomic E-state index is 12.2. The Labute approximate surface area is 166 Å². The fourth-order valence-corrected chi connectivity index (χ4v) is 5.00. The number of anilines is 1. The Kier molecular flexibility index (Phi) is 5.23. The highest BCUT2D eigenvalue weighted by molar-refractivity contribution is 6.11. The molecule has 0 amide bonds. The second-order valence-electron chi connectivity index (χ2n) is 8.00. The van der Waals surface area contributed by atoms with Crippen molar-refractivity contribution in [3.63, 3.8) is 0 Å². The number of benzene rings is 2. The normalized spacial score (nSPS) is 18.9. The van der Waals surface area contributed by atoms with Gasteiger partial charge in [-0.05, 0) is 62.0 Å². The van der Waals surface area contributed by atoms with Gasteiger partial charge in [0.05, 0.1) is 16.8 Å². The molecule has 28 heavy (non-hydrogen) atoms. The van der Waals surface area contributed by atoms with E-state index in [1.807, 2.05) is 31.2 Å². The lowest BCUT2D eigenvalue weighted by Gasteiger charge is -2.41. The number of hydrogen-bond donors (Lipinski definition) is 1. The van der Waals surface area contributed by atoms with E-state index in [9.17, 15) is 15.2 Å². The molecule has 0 unspecified atom stereocenters. The van der Waals surface area contributed by atoms with Gasteiger partial charge < -0.3 is 14.9 Å². The molecule has 1 N–H and O–H groups in total. The number of hydrogen-bond acceptors (Lipinski definition) is 4. The molecular weight excluding hydrogens is 350 g/mol. The molecule has 0 radical (unpaired) electrons. The monoisotopic (exact) mass is 377 g/mol. The SMILES string of the molecule is Cc1c(C#N)c(N2CCC(N3CCCCC3)CC2)c(C(=O)O)c2ccccc12. The molecule has 2 fully saturated rings. The van der Waals surface area contributed by atoms with Gasteiger partial charge in [0.25, 0.3) is 0 Å². The fraction of sp³-hybridized carbons (Fsp3) is 0.478. The van der Waals surface area contributed by atoms with Crippen LogP contribution in [0.3, 0.4) is 0 Å². The van der Waals surface area contributed by atoms with Crippen LogP contribution in [0.1, 0.15) is 53.6 Å². The summed E-state index contributed by atoms with van der Waals surface area (Å²) in [6.07, 6.45) is 5.95. The first-order valence-corrected chi connectivity index (χ1v) is 10.3. The summed E-state index contributed by atoms with van der Waals surface area (Å²) in [5.41, 5.74) is 2.27. The van der Waals surface area contributed by atoms with Crippen molar-refractivity contribution in [2.75, 3.05) is 31.1 Å². The van der Waals surface area contributed by atoms with Gasteiger partial charge in [0.1, 0.15) is 6.07 Å². The van der Waals surface area contributed by atoms with Gasteiger partial charge in [0.15, 0.2) is 0 Å². The van der Waals surface area contributed by atoms with Crippen molar-refractivity contribution in [3.8, 4) is 6.07 Å². The molecule has 2 aromatic rings. The maximum Gasteiger partial charge on any atom is 0.338 e. The molecule has 0 saturated carbocycles. The molecule has 0 atom stereocenters. The van der Waals surface area contributed by atoms with Gasteiger partial charge in [-0.1, -0.05) is 30.7 Å². The Morgan fingerprint density at radius 3 is 2.32 bits per heavy atom. The molecule has 2 saturated heterocycles. The van der Waals surface area contributed by atoms with Crippen LogP contribution in [0.15, 0.2) is 24.3 Å². The Morgan fingerprint density at radius 2 is 1.71 bits per heavy atom. The second-order valence-corrected chi connectivity index (χ2v) is 8.00. The summed E-state index contributed by atoms with van der Waals surface area (Å²) < 4.78 is 0. The standard InChI is InChI=1S/C23H27N3O2/c1-16-18-7-3-4-8-19(18)21(23(27)28)22(20(16)15-24)26-13-9-17(10-14-26)25-11-5-2-6-12-25/h3-4,7-8,17H,2,5-6,9-14H2,1H3,(H,27,28). The van der Waals surface area contributed by atoms with E-state index < -0.39 is 5.97 Å². The van der Waals surface area contributed by atoms with Crippen molar-refractivity contribution >= 4 is 22.4 Å². The number of aromatic carboxylic acids is 1. The minimum Gasteiger partial charge on any atom is -0.478 e. The molecule has 2 aliphatic heterocycles. The zero-order valence-corrected chi connectivity index (χ0v) is 16.4. The molecule has 5 nitrogen and oxygen atoms in total.